The van der Waals surface area contributed by atoms with Crippen LogP contribution in [0.15, 0.2) is 24.3 Å². The van der Waals surface area contributed by atoms with E-state index in [0.29, 0.717) is 12.8 Å². The van der Waals surface area contributed by atoms with Crippen LogP contribution in [0.3, 0.4) is 0 Å². The summed E-state index contributed by atoms with van der Waals surface area (Å²) in [6.45, 7) is 1.91. The number of hydrogen-bond donors (Lipinski definition) is 1. The lowest BCUT2D eigenvalue weighted by atomic mass is 9.88. The number of carboxylic acid groups (broad SMARTS) is 1. The van der Waals surface area contributed by atoms with Crippen LogP contribution in [0.5, 0.6) is 0 Å². The first-order valence-electron chi connectivity index (χ1n) is 6.41. The number of carbonyl (C=O) groups is 2. The Balaban J connectivity index is 2.08. The van der Waals surface area contributed by atoms with Crippen LogP contribution in [-0.4, -0.2) is 16.9 Å². The minimum atomic E-state index is -0.755. The molecule has 2 atom stereocenters. The first-order chi connectivity index (χ1) is 8.59. The smallest absolute Gasteiger partial charge is 0.306 e. The molecule has 3 heteroatoms. The lowest BCUT2D eigenvalue weighted by Crippen LogP contribution is -2.21. The van der Waals surface area contributed by atoms with E-state index < -0.39 is 5.97 Å². The van der Waals surface area contributed by atoms with Crippen molar-refractivity contribution < 1.29 is 14.7 Å². The maximum atomic E-state index is 12.2. The van der Waals surface area contributed by atoms with Crippen molar-refractivity contribution in [1.82, 2.24) is 0 Å². The van der Waals surface area contributed by atoms with Gasteiger partial charge in [-0.3, -0.25) is 9.59 Å². The van der Waals surface area contributed by atoms with Gasteiger partial charge in [-0.15, -0.1) is 0 Å². The van der Waals surface area contributed by atoms with Gasteiger partial charge in [-0.2, -0.15) is 0 Å². The third kappa shape index (κ3) is 2.61. The number of hydrogen-bond acceptors (Lipinski definition) is 2. The van der Waals surface area contributed by atoms with Gasteiger partial charge in [0, 0.05) is 12.0 Å². The summed E-state index contributed by atoms with van der Waals surface area (Å²) in [5.41, 5.74) is 1.70. The molecule has 0 aliphatic heterocycles. The maximum Gasteiger partial charge on any atom is 0.306 e. The molecule has 18 heavy (non-hydrogen) atoms. The Kier molecular flexibility index (Phi) is 3.80. The lowest BCUT2D eigenvalue weighted by molar-refractivity contribution is -0.142. The number of ketones is 1. The molecule has 0 unspecified atom stereocenters. The molecule has 0 amide bonds. The molecule has 3 nitrogen and oxygen atoms in total. The van der Waals surface area contributed by atoms with E-state index in [-0.39, 0.29) is 17.6 Å². The van der Waals surface area contributed by atoms with E-state index in [1.807, 2.05) is 31.2 Å². The number of Topliss-reactive ketones (excluding diaryl/α,β-unsaturated/α-hetero) is 1. The standard InChI is InChI=1S/C15H18O3/c1-10-5-2-3-7-12(10)14(16)9-11-6-4-8-13(11)15(17)18/h2-3,5,7,11,13H,4,6,8-9H2,1H3,(H,17,18)/t11-,13+/m1/s1. The molecule has 1 aromatic carbocycles. The zero-order valence-electron chi connectivity index (χ0n) is 10.6. The number of carbonyl (C=O) groups excluding carboxylic acids is 1. The van der Waals surface area contributed by atoms with Gasteiger partial charge in [0.25, 0.3) is 0 Å². The Morgan fingerprint density at radius 1 is 1.28 bits per heavy atom. The summed E-state index contributed by atoms with van der Waals surface area (Å²) in [4.78, 5) is 23.3. The van der Waals surface area contributed by atoms with Gasteiger partial charge in [-0.25, -0.2) is 0 Å². The van der Waals surface area contributed by atoms with E-state index in [9.17, 15) is 9.59 Å². The fourth-order valence-corrected chi connectivity index (χ4v) is 2.84. The number of aliphatic carboxylic acids is 1. The highest BCUT2D eigenvalue weighted by Crippen LogP contribution is 2.35. The largest absolute Gasteiger partial charge is 0.481 e. The summed E-state index contributed by atoms with van der Waals surface area (Å²) < 4.78 is 0. The summed E-state index contributed by atoms with van der Waals surface area (Å²) in [6.07, 6.45) is 2.85. The molecule has 1 N–H and O–H groups in total. The zero-order valence-corrected chi connectivity index (χ0v) is 10.6. The van der Waals surface area contributed by atoms with Gasteiger partial charge >= 0.3 is 5.97 Å². The van der Waals surface area contributed by atoms with Crippen molar-refractivity contribution in [2.45, 2.75) is 32.6 Å². The SMILES string of the molecule is Cc1ccccc1C(=O)C[C@H]1CCC[C@@H]1C(=O)O. The summed E-state index contributed by atoms with van der Waals surface area (Å²) in [5, 5.41) is 9.11. The third-order valence-electron chi connectivity index (χ3n) is 3.87. The monoisotopic (exact) mass is 246 g/mol. The van der Waals surface area contributed by atoms with E-state index >= 15 is 0 Å². The lowest BCUT2D eigenvalue weighted by Gasteiger charge is -2.15. The Morgan fingerprint density at radius 3 is 2.67 bits per heavy atom. The van der Waals surface area contributed by atoms with Crippen LogP contribution in [0.4, 0.5) is 0 Å². The minimum Gasteiger partial charge on any atom is -0.481 e. The Morgan fingerprint density at radius 2 is 2.00 bits per heavy atom. The van der Waals surface area contributed by atoms with Crippen LogP contribution in [0.2, 0.25) is 0 Å². The summed E-state index contributed by atoms with van der Waals surface area (Å²) in [7, 11) is 0. The molecule has 1 fully saturated rings. The highest BCUT2D eigenvalue weighted by Gasteiger charge is 2.34. The molecular formula is C15H18O3. The van der Waals surface area contributed by atoms with Crippen molar-refractivity contribution >= 4 is 11.8 Å². The van der Waals surface area contributed by atoms with Crippen molar-refractivity contribution in [3.05, 3.63) is 35.4 Å². The molecule has 96 valence electrons. The average molecular weight is 246 g/mol. The highest BCUT2D eigenvalue weighted by atomic mass is 16.4. The summed E-state index contributed by atoms with van der Waals surface area (Å²) in [5.74, 6) is -1.01. The number of benzene rings is 1. The Bertz CT molecular complexity index is 465. The summed E-state index contributed by atoms with van der Waals surface area (Å²) in [6, 6.07) is 7.49. The number of carboxylic acids is 1. The normalized spacial score (nSPS) is 22.9. The average Bonchev–Trinajstić information content (AvgIpc) is 2.77. The van der Waals surface area contributed by atoms with Gasteiger partial charge in [-0.1, -0.05) is 30.7 Å². The van der Waals surface area contributed by atoms with Crippen molar-refractivity contribution in [3.8, 4) is 0 Å². The third-order valence-corrected chi connectivity index (χ3v) is 3.87. The Hall–Kier alpha value is -1.64. The van der Waals surface area contributed by atoms with Gasteiger partial charge in [0.1, 0.15) is 0 Å². The molecule has 1 saturated carbocycles. The van der Waals surface area contributed by atoms with Crippen LogP contribution in [0.25, 0.3) is 0 Å². The van der Waals surface area contributed by atoms with Crippen LogP contribution < -0.4 is 0 Å². The molecule has 0 heterocycles. The molecule has 0 radical (unpaired) electrons. The molecule has 0 spiro atoms. The first kappa shape index (κ1) is 12.8. The number of rotatable bonds is 4. The van der Waals surface area contributed by atoms with Crippen LogP contribution in [-0.2, 0) is 4.79 Å². The molecule has 1 aromatic rings. The predicted octanol–water partition coefficient (Wildman–Crippen LogP) is 3.07. The second kappa shape index (κ2) is 5.34. The summed E-state index contributed by atoms with van der Waals surface area (Å²) >= 11 is 0. The number of aryl methyl sites for hydroxylation is 1. The van der Waals surface area contributed by atoms with E-state index in [0.717, 1.165) is 24.0 Å². The fourth-order valence-electron chi connectivity index (χ4n) is 2.84. The van der Waals surface area contributed by atoms with Crippen LogP contribution in [0, 0.1) is 18.8 Å². The van der Waals surface area contributed by atoms with Crippen molar-refractivity contribution in [3.63, 3.8) is 0 Å². The van der Waals surface area contributed by atoms with E-state index in [2.05, 4.69) is 0 Å². The predicted molar refractivity (Wildman–Crippen MR) is 68.6 cm³/mol. The van der Waals surface area contributed by atoms with Gasteiger partial charge in [-0.05, 0) is 31.2 Å². The van der Waals surface area contributed by atoms with E-state index in [4.69, 9.17) is 5.11 Å². The van der Waals surface area contributed by atoms with Gasteiger partial charge in [0.15, 0.2) is 5.78 Å². The van der Waals surface area contributed by atoms with Crippen molar-refractivity contribution in [2.24, 2.45) is 11.8 Å². The van der Waals surface area contributed by atoms with E-state index in [1.165, 1.54) is 0 Å². The molecule has 1 aliphatic carbocycles. The van der Waals surface area contributed by atoms with Gasteiger partial charge in [0.05, 0.1) is 5.92 Å². The van der Waals surface area contributed by atoms with Crippen molar-refractivity contribution in [1.29, 1.82) is 0 Å². The zero-order chi connectivity index (χ0) is 13.1. The van der Waals surface area contributed by atoms with Gasteiger partial charge in [0.2, 0.25) is 0 Å². The molecule has 1 aliphatic rings. The molecule has 0 aromatic heterocycles. The highest BCUT2D eigenvalue weighted by molar-refractivity contribution is 5.97. The van der Waals surface area contributed by atoms with Gasteiger partial charge < -0.3 is 5.11 Å². The topological polar surface area (TPSA) is 54.4 Å². The van der Waals surface area contributed by atoms with Crippen LogP contribution in [0.1, 0.15) is 41.6 Å². The van der Waals surface area contributed by atoms with Crippen molar-refractivity contribution in [2.75, 3.05) is 0 Å². The molecular weight excluding hydrogens is 228 g/mol. The quantitative estimate of drug-likeness (QED) is 0.831. The second-order valence-electron chi connectivity index (χ2n) is 5.08. The maximum absolute atomic E-state index is 12.2. The Labute approximate surface area is 107 Å². The molecule has 0 bridgehead atoms. The molecule has 0 saturated heterocycles. The minimum absolute atomic E-state index is 0.00889. The first-order valence-corrected chi connectivity index (χ1v) is 6.41. The fraction of sp³-hybridized carbons (Fsp3) is 0.467. The van der Waals surface area contributed by atoms with Crippen LogP contribution >= 0.6 is 0 Å². The second-order valence-corrected chi connectivity index (χ2v) is 5.08. The van der Waals surface area contributed by atoms with E-state index in [1.54, 1.807) is 0 Å². The molecule has 2 rings (SSSR count).